The average Bonchev–Trinajstić information content (AvgIpc) is 3.24. The highest BCUT2D eigenvalue weighted by Gasteiger charge is 2.53. The number of esters is 1. The molecule has 0 aromatic heterocycles. The van der Waals surface area contributed by atoms with Crippen LogP contribution in [0.25, 0.3) is 0 Å². The molecule has 0 bridgehead atoms. The summed E-state index contributed by atoms with van der Waals surface area (Å²) in [7, 11) is 2.95. The van der Waals surface area contributed by atoms with Gasteiger partial charge in [-0.05, 0) is 35.4 Å². The van der Waals surface area contributed by atoms with Gasteiger partial charge in [-0.25, -0.2) is 4.79 Å². The first kappa shape index (κ1) is 31.5. The van der Waals surface area contributed by atoms with Crippen molar-refractivity contribution in [3.8, 4) is 11.5 Å². The molecular formula is C31H35N3O10. The molecule has 3 aromatic rings. The summed E-state index contributed by atoms with van der Waals surface area (Å²) in [5, 5.41) is 41.3. The minimum Gasteiger partial charge on any atom is -0.456 e. The fourth-order valence-corrected chi connectivity index (χ4v) is 5.39. The summed E-state index contributed by atoms with van der Waals surface area (Å²) < 4.78 is 23.3. The number of likely N-dealkylation sites (N-methyl/N-ethyl adjacent to an activating group) is 2. The molecule has 0 fully saturated rings. The number of fused-ring (bicyclic) bond motifs is 6. The second-order valence-corrected chi connectivity index (χ2v) is 10.8. The Morgan fingerprint density at radius 1 is 0.841 bits per heavy atom. The van der Waals surface area contributed by atoms with Gasteiger partial charge in [0.1, 0.15) is 11.5 Å². The van der Waals surface area contributed by atoms with Gasteiger partial charge in [-0.3, -0.25) is 4.79 Å². The van der Waals surface area contributed by atoms with Gasteiger partial charge in [0.15, 0.2) is 18.2 Å². The average molecular weight is 610 g/mol. The van der Waals surface area contributed by atoms with Crippen LogP contribution in [0.4, 0.5) is 0 Å². The van der Waals surface area contributed by atoms with E-state index in [9.17, 15) is 30.2 Å². The summed E-state index contributed by atoms with van der Waals surface area (Å²) >= 11 is 0. The zero-order chi connectivity index (χ0) is 31.6. The molecule has 13 heteroatoms. The lowest BCUT2D eigenvalue weighted by Crippen LogP contribution is -2.33. The van der Waals surface area contributed by atoms with Crippen molar-refractivity contribution in [2.45, 2.75) is 31.0 Å². The summed E-state index contributed by atoms with van der Waals surface area (Å²) in [5.41, 5.74) is 7.36. The Bertz CT molecular complexity index is 1470. The molecule has 1 amide bonds. The van der Waals surface area contributed by atoms with Gasteiger partial charge >= 0.3 is 5.97 Å². The van der Waals surface area contributed by atoms with Crippen LogP contribution in [-0.2, 0) is 32.7 Å². The zero-order valence-corrected chi connectivity index (χ0v) is 24.3. The summed E-state index contributed by atoms with van der Waals surface area (Å²) in [5.74, 6) is -0.569. The van der Waals surface area contributed by atoms with E-state index in [-0.39, 0.29) is 50.3 Å². The van der Waals surface area contributed by atoms with Crippen molar-refractivity contribution in [1.82, 2.24) is 10.1 Å². The molecule has 1 spiro atoms. The molecule has 6 N–H and O–H groups in total. The molecule has 0 radical (unpaired) electrons. The van der Waals surface area contributed by atoms with E-state index >= 15 is 0 Å². The molecule has 13 nitrogen and oxygen atoms in total. The number of carbonyl (C=O) groups excluding carboxylic acids is 2. The number of carbonyl (C=O) groups is 2. The Morgan fingerprint density at radius 3 is 1.82 bits per heavy atom. The first-order valence-electron chi connectivity index (χ1n) is 14.0. The van der Waals surface area contributed by atoms with Crippen LogP contribution in [0.2, 0.25) is 0 Å². The Hall–Kier alpha value is -3.92. The van der Waals surface area contributed by atoms with Crippen LogP contribution in [0.5, 0.6) is 11.5 Å². The quantitative estimate of drug-likeness (QED) is 0.108. The van der Waals surface area contributed by atoms with E-state index in [2.05, 4.69) is 0 Å². The van der Waals surface area contributed by atoms with Crippen LogP contribution in [-0.4, -0.2) is 95.6 Å². The number of benzene rings is 3. The molecule has 44 heavy (non-hydrogen) atoms. The van der Waals surface area contributed by atoms with Crippen molar-refractivity contribution in [2.24, 2.45) is 5.73 Å². The number of nitrogens with zero attached hydrogens (tertiary/aromatic N) is 2. The normalized spacial score (nSPS) is 18.0. The molecular weight excluding hydrogens is 574 g/mol. The standard InChI is InChI=1S/C31H35N3O10/c1-33(39)9-11-41-27(35)15-18-3-6-23-25(13-18)43-26-14-19(16-28(36)42-12-10-34(2)40)4-7-24(26)31(23)22-8-5-20(29(32)37)17-21(22)30(38)44-31/h3-8,13-14,17,27-28,35-36,39-40H,9-12,15-16H2,1-2H3,(H2,32,37). The van der Waals surface area contributed by atoms with Gasteiger partial charge in [0, 0.05) is 62.3 Å². The number of aliphatic hydroxyl groups is 2. The second kappa shape index (κ2) is 13.0. The molecule has 2 atom stereocenters. The zero-order valence-electron chi connectivity index (χ0n) is 24.3. The number of nitrogens with two attached hydrogens (primary N) is 1. The van der Waals surface area contributed by atoms with Crippen LogP contribution in [0.3, 0.4) is 0 Å². The van der Waals surface area contributed by atoms with E-state index in [0.29, 0.717) is 39.3 Å². The fraction of sp³-hybridized carbons (Fsp3) is 0.355. The molecule has 0 saturated carbocycles. The number of primary amides is 1. The number of hydrogen-bond donors (Lipinski definition) is 5. The number of hydroxylamine groups is 4. The summed E-state index contributed by atoms with van der Waals surface area (Å²) in [4.78, 5) is 25.2. The third kappa shape index (κ3) is 6.45. The predicted molar refractivity (Wildman–Crippen MR) is 153 cm³/mol. The van der Waals surface area contributed by atoms with Crippen LogP contribution in [0, 0.1) is 0 Å². The van der Waals surface area contributed by atoms with Crippen molar-refractivity contribution in [1.29, 1.82) is 0 Å². The molecule has 2 aliphatic heterocycles. The number of aliphatic hydroxyl groups excluding tert-OH is 2. The highest BCUT2D eigenvalue weighted by molar-refractivity contribution is 6.01. The Labute approximate surface area is 253 Å². The Kier molecular flexibility index (Phi) is 9.29. The number of hydrogen-bond acceptors (Lipinski definition) is 12. The van der Waals surface area contributed by atoms with Gasteiger partial charge < -0.3 is 45.3 Å². The van der Waals surface area contributed by atoms with E-state index in [0.717, 1.165) is 10.1 Å². The fourth-order valence-electron chi connectivity index (χ4n) is 5.39. The monoisotopic (exact) mass is 609 g/mol. The minimum absolute atomic E-state index is 0.112. The lowest BCUT2D eigenvalue weighted by atomic mass is 9.76. The maximum absolute atomic E-state index is 13.3. The van der Waals surface area contributed by atoms with Gasteiger partial charge in [0.2, 0.25) is 5.91 Å². The molecule has 0 aliphatic carbocycles. The van der Waals surface area contributed by atoms with Crippen molar-refractivity contribution in [3.63, 3.8) is 0 Å². The topological polar surface area (TPSA) is 184 Å². The number of rotatable bonds is 13. The van der Waals surface area contributed by atoms with E-state index in [1.807, 2.05) is 0 Å². The van der Waals surface area contributed by atoms with Gasteiger partial charge in [-0.15, -0.1) is 0 Å². The van der Waals surface area contributed by atoms with Crippen molar-refractivity contribution >= 4 is 11.9 Å². The molecule has 3 aromatic carbocycles. The maximum atomic E-state index is 13.3. The third-order valence-corrected chi connectivity index (χ3v) is 7.49. The lowest BCUT2D eigenvalue weighted by Gasteiger charge is -2.37. The van der Waals surface area contributed by atoms with Gasteiger partial charge in [0.05, 0.1) is 18.8 Å². The Balaban J connectivity index is 1.52. The SMILES string of the molecule is CN(O)CCOC(O)Cc1ccc2c(c1)Oc1cc(CC(O)OCCN(C)O)ccc1C21OC(=O)c2cc(C(N)=O)ccc21. The molecule has 2 aliphatic rings. The largest absolute Gasteiger partial charge is 0.456 e. The van der Waals surface area contributed by atoms with Crippen LogP contribution in [0.1, 0.15) is 48.5 Å². The smallest absolute Gasteiger partial charge is 0.340 e. The molecule has 2 unspecified atom stereocenters. The second-order valence-electron chi connectivity index (χ2n) is 10.8. The molecule has 5 rings (SSSR count). The van der Waals surface area contributed by atoms with Crippen LogP contribution >= 0.6 is 0 Å². The highest BCUT2D eigenvalue weighted by atomic mass is 16.6. The van der Waals surface area contributed by atoms with Gasteiger partial charge in [0.25, 0.3) is 0 Å². The molecule has 0 saturated heterocycles. The van der Waals surface area contributed by atoms with Crippen molar-refractivity contribution in [2.75, 3.05) is 40.4 Å². The van der Waals surface area contributed by atoms with E-state index in [1.54, 1.807) is 42.5 Å². The van der Waals surface area contributed by atoms with Crippen molar-refractivity contribution < 1.29 is 49.2 Å². The number of ether oxygens (including phenoxy) is 4. The van der Waals surface area contributed by atoms with Crippen molar-refractivity contribution in [3.05, 3.63) is 93.5 Å². The first-order chi connectivity index (χ1) is 21.0. The summed E-state index contributed by atoms with van der Waals surface area (Å²) in [6, 6.07) is 15.1. The van der Waals surface area contributed by atoms with Gasteiger partial charge in [-0.2, -0.15) is 10.1 Å². The lowest BCUT2D eigenvalue weighted by molar-refractivity contribution is -0.131. The maximum Gasteiger partial charge on any atom is 0.340 e. The first-order valence-corrected chi connectivity index (χ1v) is 14.0. The van der Waals surface area contributed by atoms with E-state index in [4.69, 9.17) is 24.7 Å². The molecule has 234 valence electrons. The highest BCUT2D eigenvalue weighted by Crippen LogP contribution is 2.56. The summed E-state index contributed by atoms with van der Waals surface area (Å²) in [6.45, 7) is 0.654. The summed E-state index contributed by atoms with van der Waals surface area (Å²) in [6.07, 6.45) is -2.05. The van der Waals surface area contributed by atoms with E-state index in [1.165, 1.54) is 26.2 Å². The van der Waals surface area contributed by atoms with E-state index < -0.39 is 30.1 Å². The van der Waals surface area contributed by atoms with Crippen LogP contribution < -0.4 is 10.5 Å². The molecule has 2 heterocycles. The third-order valence-electron chi connectivity index (χ3n) is 7.49. The van der Waals surface area contributed by atoms with Crippen LogP contribution in [0.15, 0.2) is 54.6 Å². The predicted octanol–water partition coefficient (Wildman–Crippen LogP) is 1.75. The minimum atomic E-state index is -1.41. The number of amides is 1. The Morgan fingerprint density at radius 2 is 1.34 bits per heavy atom. The van der Waals surface area contributed by atoms with Gasteiger partial charge in [-0.1, -0.05) is 30.3 Å².